The molecule has 1 heterocycles. The topological polar surface area (TPSA) is 55.2 Å². The van der Waals surface area contributed by atoms with Gasteiger partial charge in [-0.2, -0.15) is 14.9 Å². The Hall–Kier alpha value is -2.32. The molecule has 0 radical (unpaired) electrons. The number of halogens is 2. The lowest BCUT2D eigenvalue weighted by atomic mass is 10.2. The third-order valence-corrected chi connectivity index (χ3v) is 4.03. The molecule has 3 aromatic rings. The summed E-state index contributed by atoms with van der Waals surface area (Å²) in [6.45, 7) is 0. The van der Waals surface area contributed by atoms with Gasteiger partial charge in [-0.05, 0) is 42.5 Å². The summed E-state index contributed by atoms with van der Waals surface area (Å²) in [5, 5.41) is 11.0. The van der Waals surface area contributed by atoms with E-state index in [1.807, 2.05) is 18.2 Å². The van der Waals surface area contributed by atoms with Gasteiger partial charge < -0.3 is 4.74 Å². The summed E-state index contributed by atoms with van der Waals surface area (Å²) in [6.07, 6.45) is 1.58. The molecule has 0 aliphatic carbocycles. The molecule has 0 amide bonds. The predicted octanol–water partition coefficient (Wildman–Crippen LogP) is 4.40. The number of aromatic amines is 1. The Morgan fingerprint density at radius 3 is 2.88 bits per heavy atom. The number of hydrogen-bond donors (Lipinski definition) is 1. The van der Waals surface area contributed by atoms with Gasteiger partial charge in [-0.3, -0.25) is 0 Å². The maximum absolute atomic E-state index is 14.0. The standard InChI is InChI=1S/C16H12BrFN4OS/c1-23-14-7-6-11(17)8-10(14)9-19-22-15(20-21-16(22)24)12-4-2-3-5-13(12)18/h2-9H,1H3,(H,21,24). The smallest absolute Gasteiger partial charge is 0.216 e. The molecule has 3 rings (SSSR count). The van der Waals surface area contributed by atoms with Gasteiger partial charge in [0.1, 0.15) is 11.6 Å². The van der Waals surface area contributed by atoms with Crippen molar-refractivity contribution < 1.29 is 9.13 Å². The number of ether oxygens (including phenoxy) is 1. The van der Waals surface area contributed by atoms with E-state index in [-0.39, 0.29) is 4.77 Å². The summed E-state index contributed by atoms with van der Waals surface area (Å²) in [4.78, 5) is 0. The SMILES string of the molecule is COc1ccc(Br)cc1C=Nn1c(-c2ccccc2F)n[nH]c1=S. The van der Waals surface area contributed by atoms with Gasteiger partial charge in [0.25, 0.3) is 0 Å². The van der Waals surface area contributed by atoms with Crippen LogP contribution in [0.2, 0.25) is 0 Å². The number of hydrogen-bond acceptors (Lipinski definition) is 4. The average molecular weight is 407 g/mol. The number of benzene rings is 2. The molecule has 2 aromatic carbocycles. The molecule has 0 unspecified atom stereocenters. The van der Waals surface area contributed by atoms with Crippen LogP contribution in [0.3, 0.4) is 0 Å². The van der Waals surface area contributed by atoms with Gasteiger partial charge in [-0.1, -0.05) is 28.1 Å². The molecule has 0 atom stereocenters. The quantitative estimate of drug-likeness (QED) is 0.515. The van der Waals surface area contributed by atoms with Crippen molar-refractivity contribution in [1.29, 1.82) is 0 Å². The first-order valence-electron chi connectivity index (χ1n) is 6.90. The van der Waals surface area contributed by atoms with Gasteiger partial charge in [0, 0.05) is 10.0 Å². The lowest BCUT2D eigenvalue weighted by molar-refractivity contribution is 0.414. The van der Waals surface area contributed by atoms with E-state index in [0.29, 0.717) is 17.1 Å². The Balaban J connectivity index is 2.06. The molecule has 24 heavy (non-hydrogen) atoms. The van der Waals surface area contributed by atoms with Crippen LogP contribution in [0, 0.1) is 10.6 Å². The van der Waals surface area contributed by atoms with E-state index in [1.165, 1.54) is 10.7 Å². The third kappa shape index (κ3) is 3.29. The van der Waals surface area contributed by atoms with E-state index in [4.69, 9.17) is 17.0 Å². The summed E-state index contributed by atoms with van der Waals surface area (Å²) in [5.41, 5.74) is 1.05. The molecule has 0 spiro atoms. The van der Waals surface area contributed by atoms with E-state index in [2.05, 4.69) is 31.2 Å². The van der Waals surface area contributed by atoms with Crippen molar-refractivity contribution in [3.8, 4) is 17.1 Å². The molecule has 0 saturated carbocycles. The number of rotatable bonds is 4. The molecule has 5 nitrogen and oxygen atoms in total. The van der Waals surface area contributed by atoms with Gasteiger partial charge in [0.2, 0.25) is 4.77 Å². The predicted molar refractivity (Wildman–Crippen MR) is 96.5 cm³/mol. The second-order valence-electron chi connectivity index (χ2n) is 4.77. The van der Waals surface area contributed by atoms with Crippen LogP contribution in [0.15, 0.2) is 52.0 Å². The minimum Gasteiger partial charge on any atom is -0.496 e. The zero-order valence-electron chi connectivity index (χ0n) is 12.5. The van der Waals surface area contributed by atoms with Gasteiger partial charge in [-0.15, -0.1) is 0 Å². The Kier molecular flexibility index (Phi) is 4.86. The Bertz CT molecular complexity index is 967. The average Bonchev–Trinajstić information content (AvgIpc) is 2.94. The van der Waals surface area contributed by atoms with E-state index < -0.39 is 5.82 Å². The van der Waals surface area contributed by atoms with Crippen molar-refractivity contribution in [2.75, 3.05) is 7.11 Å². The van der Waals surface area contributed by atoms with Crippen molar-refractivity contribution in [3.05, 3.63) is 63.1 Å². The molecule has 0 aliphatic rings. The number of nitrogens with one attached hydrogen (secondary N) is 1. The fourth-order valence-electron chi connectivity index (χ4n) is 2.14. The molecule has 122 valence electrons. The van der Waals surface area contributed by atoms with Gasteiger partial charge in [-0.25, -0.2) is 9.49 Å². The Morgan fingerprint density at radius 1 is 1.33 bits per heavy atom. The van der Waals surface area contributed by atoms with Crippen LogP contribution in [-0.2, 0) is 0 Å². The molecular formula is C16H12BrFN4OS. The fraction of sp³-hybridized carbons (Fsp3) is 0.0625. The van der Waals surface area contributed by atoms with E-state index in [0.717, 1.165) is 10.0 Å². The third-order valence-electron chi connectivity index (χ3n) is 3.27. The normalized spacial score (nSPS) is 11.1. The molecule has 0 aliphatic heterocycles. The number of nitrogens with zero attached hydrogens (tertiary/aromatic N) is 3. The lowest BCUT2D eigenvalue weighted by Crippen LogP contribution is -1.98. The Labute approximate surface area is 150 Å². The summed E-state index contributed by atoms with van der Waals surface area (Å²) < 4.78 is 21.8. The van der Waals surface area contributed by atoms with Crippen LogP contribution in [0.25, 0.3) is 11.4 Å². The molecular weight excluding hydrogens is 395 g/mol. The van der Waals surface area contributed by atoms with Crippen molar-refractivity contribution in [2.45, 2.75) is 0 Å². The van der Waals surface area contributed by atoms with Crippen LogP contribution in [0.1, 0.15) is 5.56 Å². The molecule has 0 fully saturated rings. The summed E-state index contributed by atoms with van der Waals surface area (Å²) >= 11 is 8.59. The van der Waals surface area contributed by atoms with Crippen LogP contribution in [0.5, 0.6) is 5.75 Å². The highest BCUT2D eigenvalue weighted by Crippen LogP contribution is 2.23. The first-order valence-corrected chi connectivity index (χ1v) is 8.10. The van der Waals surface area contributed by atoms with Crippen molar-refractivity contribution in [2.24, 2.45) is 5.10 Å². The Morgan fingerprint density at radius 2 is 2.12 bits per heavy atom. The van der Waals surface area contributed by atoms with Gasteiger partial charge >= 0.3 is 0 Å². The second-order valence-corrected chi connectivity index (χ2v) is 6.08. The van der Waals surface area contributed by atoms with Crippen LogP contribution < -0.4 is 4.74 Å². The van der Waals surface area contributed by atoms with E-state index in [1.54, 1.807) is 31.5 Å². The summed E-state index contributed by atoms with van der Waals surface area (Å²) in [7, 11) is 1.58. The number of aromatic nitrogens is 3. The zero-order valence-corrected chi connectivity index (χ0v) is 14.9. The molecule has 8 heteroatoms. The highest BCUT2D eigenvalue weighted by Gasteiger charge is 2.12. The number of methoxy groups -OCH3 is 1. The van der Waals surface area contributed by atoms with Crippen molar-refractivity contribution in [1.82, 2.24) is 14.9 Å². The number of H-pyrrole nitrogens is 1. The minimum absolute atomic E-state index is 0.262. The lowest BCUT2D eigenvalue weighted by Gasteiger charge is -2.05. The van der Waals surface area contributed by atoms with Crippen LogP contribution in [0.4, 0.5) is 4.39 Å². The van der Waals surface area contributed by atoms with E-state index in [9.17, 15) is 4.39 Å². The molecule has 0 saturated heterocycles. The largest absolute Gasteiger partial charge is 0.496 e. The highest BCUT2D eigenvalue weighted by molar-refractivity contribution is 9.10. The first-order chi connectivity index (χ1) is 11.6. The van der Waals surface area contributed by atoms with E-state index >= 15 is 0 Å². The maximum atomic E-state index is 14.0. The minimum atomic E-state index is -0.400. The second kappa shape index (κ2) is 7.06. The summed E-state index contributed by atoms with van der Waals surface area (Å²) in [6, 6.07) is 11.9. The monoisotopic (exact) mass is 406 g/mol. The molecule has 1 N–H and O–H groups in total. The van der Waals surface area contributed by atoms with Crippen molar-refractivity contribution in [3.63, 3.8) is 0 Å². The van der Waals surface area contributed by atoms with Gasteiger partial charge in [0.05, 0.1) is 18.9 Å². The molecule has 0 bridgehead atoms. The summed E-state index contributed by atoms with van der Waals surface area (Å²) in [5.74, 6) is 0.552. The van der Waals surface area contributed by atoms with Crippen LogP contribution in [-0.4, -0.2) is 28.2 Å². The fourth-order valence-corrected chi connectivity index (χ4v) is 2.70. The van der Waals surface area contributed by atoms with Gasteiger partial charge in [0.15, 0.2) is 5.82 Å². The van der Waals surface area contributed by atoms with Crippen molar-refractivity contribution >= 4 is 34.4 Å². The maximum Gasteiger partial charge on any atom is 0.216 e. The first kappa shape index (κ1) is 16.5. The highest BCUT2D eigenvalue weighted by atomic mass is 79.9. The zero-order chi connectivity index (χ0) is 17.1. The molecule has 1 aromatic heterocycles. The van der Waals surface area contributed by atoms with Crippen LogP contribution >= 0.6 is 28.1 Å².